The average molecular weight is 451 g/mol. The molecule has 0 radical (unpaired) electrons. The van der Waals surface area contributed by atoms with E-state index in [0.717, 1.165) is 37.9 Å². The number of aromatic nitrogens is 2. The largest absolute Gasteiger partial charge is 0.464 e. The lowest BCUT2D eigenvalue weighted by molar-refractivity contribution is -0.114. The normalized spacial score (nSPS) is 15.5. The standard InChI is InChI=1S/C25H30N4O4/c1-17(30)28-22-21-14-19(26-12-6-10-18-8-4-3-5-9-18)15-27-24(21)29(23(22)25(31)32-2)16-20-11-7-13-33-20/h3-5,8-9,14-15,20,26H,6-7,10-13,16H2,1-2H3,(H,28,30). The zero-order chi connectivity index (χ0) is 23.2. The molecule has 2 N–H and O–H groups in total. The maximum absolute atomic E-state index is 12.7. The number of carbonyl (C=O) groups is 2. The Morgan fingerprint density at radius 1 is 1.27 bits per heavy atom. The van der Waals surface area contributed by atoms with Gasteiger partial charge in [-0.15, -0.1) is 0 Å². The van der Waals surface area contributed by atoms with Crippen molar-refractivity contribution in [3.8, 4) is 0 Å². The Balaban J connectivity index is 1.62. The smallest absolute Gasteiger partial charge is 0.356 e. The van der Waals surface area contributed by atoms with E-state index in [1.54, 1.807) is 6.20 Å². The van der Waals surface area contributed by atoms with Crippen molar-refractivity contribution < 1.29 is 19.1 Å². The fourth-order valence-corrected chi connectivity index (χ4v) is 4.27. The summed E-state index contributed by atoms with van der Waals surface area (Å²) >= 11 is 0. The number of pyridine rings is 1. The van der Waals surface area contributed by atoms with Gasteiger partial charge in [0.25, 0.3) is 0 Å². The number of rotatable bonds is 9. The van der Waals surface area contributed by atoms with E-state index in [1.807, 2.05) is 28.8 Å². The Labute approximate surface area is 193 Å². The molecule has 1 aliphatic rings. The fraction of sp³-hybridized carbons (Fsp3) is 0.400. The molecule has 1 aromatic carbocycles. The van der Waals surface area contributed by atoms with Crippen molar-refractivity contribution in [2.75, 3.05) is 30.9 Å². The van der Waals surface area contributed by atoms with Gasteiger partial charge in [-0.2, -0.15) is 0 Å². The van der Waals surface area contributed by atoms with Crippen molar-refractivity contribution in [2.24, 2.45) is 0 Å². The number of nitrogens with zero attached hydrogens (tertiary/aromatic N) is 2. The number of ether oxygens (including phenoxy) is 2. The summed E-state index contributed by atoms with van der Waals surface area (Å²) in [5, 5.41) is 6.92. The minimum Gasteiger partial charge on any atom is -0.464 e. The van der Waals surface area contributed by atoms with Gasteiger partial charge >= 0.3 is 5.97 Å². The second-order valence-corrected chi connectivity index (χ2v) is 8.25. The Morgan fingerprint density at radius 3 is 2.79 bits per heavy atom. The number of anilines is 2. The molecule has 1 unspecified atom stereocenters. The van der Waals surface area contributed by atoms with E-state index in [0.29, 0.717) is 29.9 Å². The summed E-state index contributed by atoms with van der Waals surface area (Å²) in [6.07, 6.45) is 5.60. The van der Waals surface area contributed by atoms with Crippen LogP contribution in [0, 0.1) is 0 Å². The van der Waals surface area contributed by atoms with Crippen LogP contribution in [0.5, 0.6) is 0 Å². The minimum atomic E-state index is -0.521. The maximum atomic E-state index is 12.7. The van der Waals surface area contributed by atoms with Crippen molar-refractivity contribution in [1.82, 2.24) is 9.55 Å². The van der Waals surface area contributed by atoms with E-state index < -0.39 is 5.97 Å². The maximum Gasteiger partial charge on any atom is 0.356 e. The zero-order valence-electron chi connectivity index (χ0n) is 19.1. The van der Waals surface area contributed by atoms with Crippen molar-refractivity contribution in [2.45, 2.75) is 45.3 Å². The van der Waals surface area contributed by atoms with Crippen LogP contribution in [0.4, 0.5) is 11.4 Å². The van der Waals surface area contributed by atoms with Gasteiger partial charge in [0.2, 0.25) is 5.91 Å². The van der Waals surface area contributed by atoms with Crippen molar-refractivity contribution in [1.29, 1.82) is 0 Å². The number of carbonyl (C=O) groups excluding carboxylic acids is 2. The highest BCUT2D eigenvalue weighted by Crippen LogP contribution is 2.33. The summed E-state index contributed by atoms with van der Waals surface area (Å²) in [5.41, 5.74) is 3.45. The highest BCUT2D eigenvalue weighted by atomic mass is 16.5. The molecule has 3 heterocycles. The Hall–Kier alpha value is -3.39. The molecular weight excluding hydrogens is 420 g/mol. The first-order valence-corrected chi connectivity index (χ1v) is 11.3. The van der Waals surface area contributed by atoms with Crippen LogP contribution < -0.4 is 10.6 Å². The van der Waals surface area contributed by atoms with Gasteiger partial charge in [-0.3, -0.25) is 4.79 Å². The second-order valence-electron chi connectivity index (χ2n) is 8.25. The summed E-state index contributed by atoms with van der Waals surface area (Å²) < 4.78 is 12.6. The Morgan fingerprint density at radius 2 is 2.09 bits per heavy atom. The third kappa shape index (κ3) is 5.34. The summed E-state index contributed by atoms with van der Waals surface area (Å²) in [5.74, 6) is -0.787. The lowest BCUT2D eigenvalue weighted by atomic mass is 10.1. The van der Waals surface area contributed by atoms with Gasteiger partial charge in [0, 0.05) is 25.5 Å². The molecule has 1 aliphatic heterocycles. The average Bonchev–Trinajstić information content (AvgIpc) is 3.43. The molecule has 1 fully saturated rings. The first-order chi connectivity index (χ1) is 16.1. The van der Waals surface area contributed by atoms with Crippen LogP contribution in [-0.4, -0.2) is 47.8 Å². The number of benzene rings is 1. The van der Waals surface area contributed by atoms with Crippen LogP contribution in [0.15, 0.2) is 42.6 Å². The predicted molar refractivity (Wildman–Crippen MR) is 128 cm³/mol. The Bertz CT molecular complexity index is 1120. The molecule has 4 rings (SSSR count). The number of amides is 1. The first kappa shape index (κ1) is 22.8. The number of hydrogen-bond donors (Lipinski definition) is 2. The fourth-order valence-electron chi connectivity index (χ4n) is 4.27. The van der Waals surface area contributed by atoms with E-state index in [4.69, 9.17) is 9.47 Å². The van der Waals surface area contributed by atoms with Gasteiger partial charge in [-0.05, 0) is 37.3 Å². The van der Waals surface area contributed by atoms with Crippen LogP contribution in [0.3, 0.4) is 0 Å². The third-order valence-corrected chi connectivity index (χ3v) is 5.80. The van der Waals surface area contributed by atoms with Crippen molar-refractivity contribution in [3.63, 3.8) is 0 Å². The number of esters is 1. The zero-order valence-corrected chi connectivity index (χ0v) is 19.1. The molecule has 0 bridgehead atoms. The SMILES string of the molecule is COC(=O)c1c(NC(C)=O)c2cc(NCCCc3ccccc3)cnc2n1CC1CCCO1. The van der Waals surface area contributed by atoms with E-state index >= 15 is 0 Å². The monoisotopic (exact) mass is 450 g/mol. The van der Waals surface area contributed by atoms with Crippen LogP contribution >= 0.6 is 0 Å². The second kappa shape index (κ2) is 10.5. The molecule has 33 heavy (non-hydrogen) atoms. The van der Waals surface area contributed by atoms with Gasteiger partial charge in [0.1, 0.15) is 5.65 Å². The molecule has 174 valence electrons. The summed E-state index contributed by atoms with van der Waals surface area (Å²) in [7, 11) is 1.33. The van der Waals surface area contributed by atoms with Crippen LogP contribution in [0.25, 0.3) is 11.0 Å². The van der Waals surface area contributed by atoms with Crippen LogP contribution in [0.1, 0.15) is 42.2 Å². The summed E-state index contributed by atoms with van der Waals surface area (Å²) in [4.78, 5) is 29.4. The summed E-state index contributed by atoms with van der Waals surface area (Å²) in [6, 6.07) is 12.3. The topological polar surface area (TPSA) is 94.5 Å². The van der Waals surface area contributed by atoms with E-state index in [-0.39, 0.29) is 17.7 Å². The van der Waals surface area contributed by atoms with E-state index in [1.165, 1.54) is 19.6 Å². The van der Waals surface area contributed by atoms with Crippen molar-refractivity contribution in [3.05, 3.63) is 53.9 Å². The molecule has 0 saturated carbocycles. The molecule has 8 nitrogen and oxygen atoms in total. The third-order valence-electron chi connectivity index (χ3n) is 5.80. The lowest BCUT2D eigenvalue weighted by Gasteiger charge is -2.14. The van der Waals surface area contributed by atoms with Gasteiger partial charge < -0.3 is 24.7 Å². The van der Waals surface area contributed by atoms with E-state index in [2.05, 4.69) is 27.8 Å². The molecule has 1 atom stereocenters. The van der Waals surface area contributed by atoms with Gasteiger partial charge in [0.15, 0.2) is 5.69 Å². The molecule has 0 spiro atoms. The molecule has 2 aromatic heterocycles. The number of fused-ring (bicyclic) bond motifs is 1. The molecule has 1 saturated heterocycles. The highest BCUT2D eigenvalue weighted by molar-refractivity contribution is 6.10. The molecule has 1 amide bonds. The van der Waals surface area contributed by atoms with E-state index in [9.17, 15) is 9.59 Å². The van der Waals surface area contributed by atoms with Crippen LogP contribution in [-0.2, 0) is 27.2 Å². The molecular formula is C25H30N4O4. The number of methoxy groups -OCH3 is 1. The van der Waals surface area contributed by atoms with Gasteiger partial charge in [-0.1, -0.05) is 30.3 Å². The first-order valence-electron chi connectivity index (χ1n) is 11.3. The number of hydrogen-bond acceptors (Lipinski definition) is 6. The molecule has 3 aromatic rings. The highest BCUT2D eigenvalue weighted by Gasteiger charge is 2.28. The summed E-state index contributed by atoms with van der Waals surface area (Å²) in [6.45, 7) is 3.37. The minimum absolute atomic E-state index is 0.00762. The molecule has 8 heteroatoms. The van der Waals surface area contributed by atoms with Gasteiger partial charge in [0.05, 0.1) is 37.3 Å². The van der Waals surface area contributed by atoms with Gasteiger partial charge in [-0.25, -0.2) is 9.78 Å². The van der Waals surface area contributed by atoms with Crippen LogP contribution in [0.2, 0.25) is 0 Å². The quantitative estimate of drug-likeness (QED) is 0.378. The number of nitrogens with one attached hydrogen (secondary N) is 2. The molecule has 0 aliphatic carbocycles. The lowest BCUT2D eigenvalue weighted by Crippen LogP contribution is -2.21. The Kier molecular flexibility index (Phi) is 7.24. The van der Waals surface area contributed by atoms with Crippen molar-refractivity contribution >= 4 is 34.3 Å². The number of aryl methyl sites for hydroxylation is 1. The predicted octanol–water partition coefficient (Wildman–Crippen LogP) is 4.01.